The quantitative estimate of drug-likeness (QED) is 0.896. The van der Waals surface area contributed by atoms with Gasteiger partial charge in [0.15, 0.2) is 0 Å². The van der Waals surface area contributed by atoms with Crippen LogP contribution in [0.3, 0.4) is 0 Å². The van der Waals surface area contributed by atoms with Crippen LogP contribution in [-0.2, 0) is 11.2 Å². The van der Waals surface area contributed by atoms with Gasteiger partial charge in [-0.3, -0.25) is 4.79 Å². The van der Waals surface area contributed by atoms with E-state index in [0.29, 0.717) is 5.92 Å². The molecule has 2 N–H and O–H groups in total. The molecule has 1 heterocycles. The number of fused-ring (bicyclic) bond motifs is 1. The lowest BCUT2D eigenvalue weighted by Crippen LogP contribution is -2.44. The van der Waals surface area contributed by atoms with Crippen molar-refractivity contribution in [2.45, 2.75) is 45.6 Å². The second-order valence-electron chi connectivity index (χ2n) is 6.81. The number of nitrogens with one attached hydrogen (secondary N) is 2. The van der Waals surface area contributed by atoms with Crippen molar-refractivity contribution < 1.29 is 4.79 Å². The molecule has 1 fully saturated rings. The van der Waals surface area contributed by atoms with E-state index >= 15 is 0 Å². The first-order valence-corrected chi connectivity index (χ1v) is 8.27. The molecule has 3 heteroatoms. The molecule has 4 atom stereocenters. The van der Waals surface area contributed by atoms with Gasteiger partial charge in [0.2, 0.25) is 5.91 Å². The largest absolute Gasteiger partial charge is 0.382 e. The minimum Gasteiger partial charge on any atom is -0.382 e. The van der Waals surface area contributed by atoms with E-state index in [1.807, 2.05) is 12.1 Å². The van der Waals surface area contributed by atoms with E-state index in [9.17, 15) is 4.79 Å². The number of anilines is 1. The van der Waals surface area contributed by atoms with E-state index in [-0.39, 0.29) is 17.9 Å². The Balaban J connectivity index is 1.60. The molecule has 0 bridgehead atoms. The fourth-order valence-electron chi connectivity index (χ4n) is 3.81. The van der Waals surface area contributed by atoms with Crippen LogP contribution in [0.25, 0.3) is 0 Å². The van der Waals surface area contributed by atoms with Crippen molar-refractivity contribution in [1.29, 1.82) is 0 Å². The molecule has 2 aliphatic rings. The zero-order valence-corrected chi connectivity index (χ0v) is 13.1. The monoisotopic (exact) mass is 286 g/mol. The molecule has 0 saturated heterocycles. The summed E-state index contributed by atoms with van der Waals surface area (Å²) in [7, 11) is 0. The van der Waals surface area contributed by atoms with Crippen LogP contribution in [0.4, 0.5) is 5.69 Å². The van der Waals surface area contributed by atoms with Gasteiger partial charge in [-0.2, -0.15) is 0 Å². The van der Waals surface area contributed by atoms with Gasteiger partial charge in [0.1, 0.15) is 0 Å². The third kappa shape index (κ3) is 3.07. The Morgan fingerprint density at radius 3 is 2.86 bits per heavy atom. The highest BCUT2D eigenvalue weighted by Gasteiger charge is 2.31. The zero-order valence-electron chi connectivity index (χ0n) is 13.1. The maximum atomic E-state index is 12.5. The summed E-state index contributed by atoms with van der Waals surface area (Å²) in [5, 5.41) is 6.67. The molecule has 1 aliphatic heterocycles. The Bertz CT molecular complexity index is 514. The fourth-order valence-corrected chi connectivity index (χ4v) is 3.81. The maximum absolute atomic E-state index is 12.5. The van der Waals surface area contributed by atoms with Gasteiger partial charge in [-0.25, -0.2) is 0 Å². The summed E-state index contributed by atoms with van der Waals surface area (Å²) in [6.45, 7) is 5.27. The van der Waals surface area contributed by atoms with Gasteiger partial charge in [0.05, 0.1) is 5.92 Å². The van der Waals surface area contributed by atoms with Gasteiger partial charge >= 0.3 is 0 Å². The summed E-state index contributed by atoms with van der Waals surface area (Å²) in [6.07, 6.45) is 4.74. The van der Waals surface area contributed by atoms with E-state index in [1.165, 1.54) is 30.5 Å². The molecule has 114 valence electrons. The molecule has 0 aromatic heterocycles. The standard InChI is InChI=1S/C18H26N2O/c1-12-6-5-8-15(12)11-19-18(21)16-10-14-7-3-4-9-17(14)20-13(16)2/h3-4,7,9,12-13,15-16,20H,5-6,8,10-11H2,1-2H3,(H,19,21). The van der Waals surface area contributed by atoms with Crippen molar-refractivity contribution >= 4 is 11.6 Å². The molecule has 0 spiro atoms. The highest BCUT2D eigenvalue weighted by Crippen LogP contribution is 2.31. The lowest BCUT2D eigenvalue weighted by atomic mass is 9.87. The number of hydrogen-bond donors (Lipinski definition) is 2. The molecule has 4 unspecified atom stereocenters. The SMILES string of the molecule is CC1CCCC1CNC(=O)C1Cc2ccccc2NC1C. The summed E-state index contributed by atoms with van der Waals surface area (Å²) in [5.41, 5.74) is 2.43. The van der Waals surface area contributed by atoms with Gasteiger partial charge in [0.25, 0.3) is 0 Å². The first-order chi connectivity index (χ1) is 10.1. The van der Waals surface area contributed by atoms with E-state index < -0.39 is 0 Å². The number of carbonyl (C=O) groups excluding carboxylic acids is 1. The Morgan fingerprint density at radius 1 is 1.29 bits per heavy atom. The van der Waals surface area contributed by atoms with Crippen LogP contribution >= 0.6 is 0 Å². The molecule has 21 heavy (non-hydrogen) atoms. The van der Waals surface area contributed by atoms with Crippen LogP contribution in [0, 0.1) is 17.8 Å². The Hall–Kier alpha value is -1.51. The predicted octanol–water partition coefficient (Wildman–Crippen LogP) is 3.21. The van der Waals surface area contributed by atoms with E-state index in [0.717, 1.165) is 18.9 Å². The molecule has 1 saturated carbocycles. The number of hydrogen-bond acceptors (Lipinski definition) is 2. The first-order valence-electron chi connectivity index (χ1n) is 8.27. The summed E-state index contributed by atoms with van der Waals surface area (Å²) < 4.78 is 0. The highest BCUT2D eigenvalue weighted by atomic mass is 16.1. The molecular formula is C18H26N2O. The topological polar surface area (TPSA) is 41.1 Å². The molecule has 1 aliphatic carbocycles. The second kappa shape index (κ2) is 6.08. The van der Waals surface area contributed by atoms with E-state index in [2.05, 4.69) is 36.6 Å². The highest BCUT2D eigenvalue weighted by molar-refractivity contribution is 5.81. The number of benzene rings is 1. The van der Waals surface area contributed by atoms with Crippen LogP contribution in [0.2, 0.25) is 0 Å². The molecule has 3 rings (SSSR count). The molecule has 1 aromatic carbocycles. The Labute approximate surface area is 127 Å². The van der Waals surface area contributed by atoms with Crippen molar-refractivity contribution in [2.24, 2.45) is 17.8 Å². The zero-order chi connectivity index (χ0) is 14.8. The van der Waals surface area contributed by atoms with Crippen molar-refractivity contribution in [3.05, 3.63) is 29.8 Å². The number of para-hydroxylation sites is 1. The Morgan fingerprint density at radius 2 is 2.10 bits per heavy atom. The minimum absolute atomic E-state index is 0.0385. The maximum Gasteiger partial charge on any atom is 0.225 e. The Kier molecular flexibility index (Phi) is 4.18. The molecule has 3 nitrogen and oxygen atoms in total. The van der Waals surface area contributed by atoms with Gasteiger partial charge in [-0.15, -0.1) is 0 Å². The van der Waals surface area contributed by atoms with Crippen LogP contribution in [0.5, 0.6) is 0 Å². The predicted molar refractivity (Wildman–Crippen MR) is 86.2 cm³/mol. The third-order valence-electron chi connectivity index (χ3n) is 5.36. The van der Waals surface area contributed by atoms with Crippen LogP contribution in [-0.4, -0.2) is 18.5 Å². The average molecular weight is 286 g/mol. The van der Waals surface area contributed by atoms with Crippen molar-refractivity contribution in [3.8, 4) is 0 Å². The number of rotatable bonds is 3. The van der Waals surface area contributed by atoms with Crippen LogP contribution in [0.15, 0.2) is 24.3 Å². The van der Waals surface area contributed by atoms with Crippen molar-refractivity contribution in [3.63, 3.8) is 0 Å². The first kappa shape index (κ1) is 14.4. The molecule has 0 radical (unpaired) electrons. The number of amides is 1. The minimum atomic E-state index is 0.0385. The summed E-state index contributed by atoms with van der Waals surface area (Å²) in [5.74, 6) is 1.68. The summed E-state index contributed by atoms with van der Waals surface area (Å²) >= 11 is 0. The van der Waals surface area contributed by atoms with Crippen molar-refractivity contribution in [2.75, 3.05) is 11.9 Å². The smallest absolute Gasteiger partial charge is 0.225 e. The molecular weight excluding hydrogens is 260 g/mol. The lowest BCUT2D eigenvalue weighted by Gasteiger charge is -2.32. The third-order valence-corrected chi connectivity index (χ3v) is 5.36. The van der Waals surface area contributed by atoms with Crippen LogP contribution < -0.4 is 10.6 Å². The second-order valence-corrected chi connectivity index (χ2v) is 6.81. The van der Waals surface area contributed by atoms with Gasteiger partial charge in [0, 0.05) is 18.3 Å². The van der Waals surface area contributed by atoms with Gasteiger partial charge in [-0.1, -0.05) is 38.0 Å². The van der Waals surface area contributed by atoms with Crippen molar-refractivity contribution in [1.82, 2.24) is 5.32 Å². The lowest BCUT2D eigenvalue weighted by molar-refractivity contribution is -0.125. The van der Waals surface area contributed by atoms with E-state index in [4.69, 9.17) is 0 Å². The summed E-state index contributed by atoms with van der Waals surface area (Å²) in [6, 6.07) is 8.50. The van der Waals surface area contributed by atoms with Gasteiger partial charge < -0.3 is 10.6 Å². The normalized spacial score (nSPS) is 31.3. The van der Waals surface area contributed by atoms with E-state index in [1.54, 1.807) is 0 Å². The van der Waals surface area contributed by atoms with Gasteiger partial charge in [-0.05, 0) is 43.2 Å². The van der Waals surface area contributed by atoms with Crippen LogP contribution in [0.1, 0.15) is 38.7 Å². The fraction of sp³-hybridized carbons (Fsp3) is 0.611. The molecule has 1 aromatic rings. The summed E-state index contributed by atoms with van der Waals surface area (Å²) in [4.78, 5) is 12.5. The molecule has 1 amide bonds. The average Bonchev–Trinajstić information content (AvgIpc) is 2.89. The number of carbonyl (C=O) groups is 1.